The summed E-state index contributed by atoms with van der Waals surface area (Å²) in [5, 5.41) is 4.35. The number of amides is 1. The van der Waals surface area contributed by atoms with Gasteiger partial charge in [0, 0.05) is 32.2 Å². The van der Waals surface area contributed by atoms with Crippen LogP contribution in [0, 0.1) is 12.7 Å². The zero-order chi connectivity index (χ0) is 18.1. The van der Waals surface area contributed by atoms with Crippen molar-refractivity contribution >= 4 is 5.91 Å². The van der Waals surface area contributed by atoms with Crippen LogP contribution in [0.1, 0.15) is 41.7 Å². The number of rotatable bonds is 3. The van der Waals surface area contributed by atoms with Crippen molar-refractivity contribution in [2.75, 3.05) is 26.2 Å². The van der Waals surface area contributed by atoms with E-state index in [1.807, 2.05) is 11.8 Å². The largest absolute Gasteiger partial charge is 0.336 e. The predicted molar refractivity (Wildman–Crippen MR) is 98.0 cm³/mol. The standard InChI is InChI=1S/C20H25FN4O/c1-15-19(14-22-25(15)18-8-6-16(21)7-9-18)20(26)24-12-10-23(11-13-24)17-4-2-3-5-17/h6-9,14,17H,2-5,10-13H2,1H3. The van der Waals surface area contributed by atoms with E-state index in [2.05, 4.69) is 10.00 Å². The first-order valence-corrected chi connectivity index (χ1v) is 9.47. The lowest BCUT2D eigenvalue weighted by molar-refractivity contribution is 0.0572. The van der Waals surface area contributed by atoms with Gasteiger partial charge in [0.1, 0.15) is 5.82 Å². The Morgan fingerprint density at radius 1 is 1.08 bits per heavy atom. The minimum Gasteiger partial charge on any atom is -0.336 e. The second kappa shape index (κ2) is 7.19. The van der Waals surface area contributed by atoms with Gasteiger partial charge in [0.2, 0.25) is 0 Å². The Hall–Kier alpha value is -2.21. The van der Waals surface area contributed by atoms with E-state index >= 15 is 0 Å². The molecule has 1 amide bonds. The first kappa shape index (κ1) is 17.2. The molecule has 138 valence electrons. The molecule has 5 nitrogen and oxygen atoms in total. The molecule has 2 aliphatic rings. The molecule has 1 aliphatic carbocycles. The number of nitrogens with zero attached hydrogens (tertiary/aromatic N) is 4. The summed E-state index contributed by atoms with van der Waals surface area (Å²) in [6.07, 6.45) is 6.91. The third-order valence-electron chi connectivity index (χ3n) is 5.75. The van der Waals surface area contributed by atoms with E-state index in [0.717, 1.165) is 43.6 Å². The van der Waals surface area contributed by atoms with Gasteiger partial charge in [-0.3, -0.25) is 9.69 Å². The van der Waals surface area contributed by atoms with Crippen LogP contribution in [0.3, 0.4) is 0 Å². The minimum atomic E-state index is -0.282. The summed E-state index contributed by atoms with van der Waals surface area (Å²) in [6.45, 7) is 5.36. The van der Waals surface area contributed by atoms with Gasteiger partial charge in [-0.2, -0.15) is 5.10 Å². The number of hydrogen-bond donors (Lipinski definition) is 0. The maximum absolute atomic E-state index is 13.1. The first-order chi connectivity index (χ1) is 12.6. The van der Waals surface area contributed by atoms with Crippen LogP contribution in [0.5, 0.6) is 0 Å². The van der Waals surface area contributed by atoms with Gasteiger partial charge < -0.3 is 4.90 Å². The fraction of sp³-hybridized carbons (Fsp3) is 0.500. The van der Waals surface area contributed by atoms with Gasteiger partial charge in [-0.05, 0) is 44.0 Å². The van der Waals surface area contributed by atoms with E-state index in [1.54, 1.807) is 23.0 Å². The summed E-state index contributed by atoms with van der Waals surface area (Å²) >= 11 is 0. The zero-order valence-electron chi connectivity index (χ0n) is 15.2. The lowest BCUT2D eigenvalue weighted by atomic mass is 10.1. The smallest absolute Gasteiger partial charge is 0.257 e. The Morgan fingerprint density at radius 2 is 1.73 bits per heavy atom. The highest BCUT2D eigenvalue weighted by atomic mass is 19.1. The molecule has 1 aromatic carbocycles. The van der Waals surface area contributed by atoms with Crippen LogP contribution in [0.25, 0.3) is 5.69 Å². The van der Waals surface area contributed by atoms with Crippen molar-refractivity contribution in [3.05, 3.63) is 47.5 Å². The molecule has 0 unspecified atom stereocenters. The highest BCUT2D eigenvalue weighted by Gasteiger charge is 2.29. The number of carbonyl (C=O) groups is 1. The van der Waals surface area contributed by atoms with Gasteiger partial charge in [0.05, 0.1) is 23.1 Å². The maximum Gasteiger partial charge on any atom is 0.257 e. The maximum atomic E-state index is 13.1. The number of aromatic nitrogens is 2. The molecular formula is C20H25FN4O. The third-order valence-corrected chi connectivity index (χ3v) is 5.75. The summed E-state index contributed by atoms with van der Waals surface area (Å²) in [5.74, 6) is -0.239. The van der Waals surface area contributed by atoms with Crippen LogP contribution in [0.2, 0.25) is 0 Å². The van der Waals surface area contributed by atoms with Crippen LogP contribution in [-0.2, 0) is 0 Å². The molecule has 0 N–H and O–H groups in total. The molecule has 0 spiro atoms. The molecule has 2 fully saturated rings. The molecule has 0 bridgehead atoms. The Balaban J connectivity index is 1.45. The van der Waals surface area contributed by atoms with E-state index in [0.29, 0.717) is 5.56 Å². The Labute approximate surface area is 153 Å². The SMILES string of the molecule is Cc1c(C(=O)N2CCN(C3CCCC3)CC2)cnn1-c1ccc(F)cc1. The van der Waals surface area contributed by atoms with E-state index in [-0.39, 0.29) is 11.7 Å². The predicted octanol–water partition coefficient (Wildman–Crippen LogP) is 3.02. The van der Waals surface area contributed by atoms with Gasteiger partial charge >= 0.3 is 0 Å². The monoisotopic (exact) mass is 356 g/mol. The molecule has 26 heavy (non-hydrogen) atoms. The number of benzene rings is 1. The number of halogens is 1. The molecule has 4 rings (SSSR count). The molecule has 1 saturated carbocycles. The molecular weight excluding hydrogens is 331 g/mol. The third kappa shape index (κ3) is 3.26. The van der Waals surface area contributed by atoms with Gasteiger partial charge in [0.25, 0.3) is 5.91 Å². The van der Waals surface area contributed by atoms with E-state index in [4.69, 9.17) is 0 Å². The summed E-state index contributed by atoms with van der Waals surface area (Å²) in [7, 11) is 0. The van der Waals surface area contributed by atoms with Crippen LogP contribution in [0.15, 0.2) is 30.5 Å². The van der Waals surface area contributed by atoms with Crippen LogP contribution in [0.4, 0.5) is 4.39 Å². The van der Waals surface area contributed by atoms with Crippen molar-refractivity contribution in [3.8, 4) is 5.69 Å². The Morgan fingerprint density at radius 3 is 2.38 bits per heavy atom. The van der Waals surface area contributed by atoms with E-state index in [9.17, 15) is 9.18 Å². The van der Waals surface area contributed by atoms with Crippen molar-refractivity contribution < 1.29 is 9.18 Å². The molecule has 0 radical (unpaired) electrons. The average molecular weight is 356 g/mol. The summed E-state index contributed by atoms with van der Waals surface area (Å²) < 4.78 is 14.8. The molecule has 1 saturated heterocycles. The number of piperazine rings is 1. The number of hydrogen-bond acceptors (Lipinski definition) is 3. The van der Waals surface area contributed by atoms with Crippen LogP contribution >= 0.6 is 0 Å². The van der Waals surface area contributed by atoms with Gasteiger partial charge in [-0.25, -0.2) is 9.07 Å². The molecule has 6 heteroatoms. The topological polar surface area (TPSA) is 41.4 Å². The molecule has 2 aromatic rings. The lowest BCUT2D eigenvalue weighted by Crippen LogP contribution is -2.51. The summed E-state index contributed by atoms with van der Waals surface area (Å²) in [4.78, 5) is 17.4. The van der Waals surface area contributed by atoms with E-state index in [1.165, 1.54) is 37.8 Å². The minimum absolute atomic E-state index is 0.0435. The highest BCUT2D eigenvalue weighted by Crippen LogP contribution is 2.25. The highest BCUT2D eigenvalue weighted by molar-refractivity contribution is 5.95. The van der Waals surface area contributed by atoms with Gasteiger partial charge in [-0.15, -0.1) is 0 Å². The van der Waals surface area contributed by atoms with Crippen LogP contribution < -0.4 is 0 Å². The van der Waals surface area contributed by atoms with Gasteiger partial charge in [-0.1, -0.05) is 12.8 Å². The summed E-state index contributed by atoms with van der Waals surface area (Å²) in [5.41, 5.74) is 2.18. The van der Waals surface area contributed by atoms with Gasteiger partial charge in [0.15, 0.2) is 0 Å². The normalized spacial score (nSPS) is 19.2. The quantitative estimate of drug-likeness (QED) is 0.849. The molecule has 2 heterocycles. The van der Waals surface area contributed by atoms with Crippen molar-refractivity contribution in [1.82, 2.24) is 19.6 Å². The fourth-order valence-corrected chi connectivity index (χ4v) is 4.19. The second-order valence-corrected chi connectivity index (χ2v) is 7.30. The van der Waals surface area contributed by atoms with Crippen LogP contribution in [-0.4, -0.2) is 57.7 Å². The summed E-state index contributed by atoms with van der Waals surface area (Å²) in [6, 6.07) is 6.86. The lowest BCUT2D eigenvalue weighted by Gasteiger charge is -2.38. The van der Waals surface area contributed by atoms with Crippen molar-refractivity contribution in [3.63, 3.8) is 0 Å². The number of carbonyl (C=O) groups excluding carboxylic acids is 1. The fourth-order valence-electron chi connectivity index (χ4n) is 4.19. The van der Waals surface area contributed by atoms with Crippen molar-refractivity contribution in [2.24, 2.45) is 0 Å². The second-order valence-electron chi connectivity index (χ2n) is 7.30. The van der Waals surface area contributed by atoms with Crippen molar-refractivity contribution in [2.45, 2.75) is 38.6 Å². The first-order valence-electron chi connectivity index (χ1n) is 9.47. The Bertz CT molecular complexity index is 772. The van der Waals surface area contributed by atoms with Crippen molar-refractivity contribution in [1.29, 1.82) is 0 Å². The Kier molecular flexibility index (Phi) is 4.76. The molecule has 1 aliphatic heterocycles. The zero-order valence-corrected chi connectivity index (χ0v) is 15.2. The van der Waals surface area contributed by atoms with E-state index < -0.39 is 0 Å². The molecule has 1 aromatic heterocycles. The average Bonchev–Trinajstić information content (AvgIpc) is 3.32. The molecule has 0 atom stereocenters.